The van der Waals surface area contributed by atoms with Gasteiger partial charge in [0.15, 0.2) is 0 Å². The standard InChI is InChI=1S/C19H29N3O3S/c1-25-12-11-21-14-19(8-5-17(21)23)7-3-10-22(15-19)18(24)20-9-6-16-4-2-13-26-16/h2,4,13H,3,5-12,14-15H2,1H3,(H,20,24)/t19-/m1/s1. The fourth-order valence-corrected chi connectivity index (χ4v) is 4.79. The van der Waals surface area contributed by atoms with Crippen molar-refractivity contribution in [2.75, 3.05) is 46.4 Å². The lowest BCUT2D eigenvalue weighted by Crippen LogP contribution is -2.57. The minimum atomic E-state index is 0.0287. The first kappa shape index (κ1) is 19.2. The number of carbonyl (C=O) groups is 2. The van der Waals surface area contributed by atoms with Crippen LogP contribution in [0.2, 0.25) is 0 Å². The Kier molecular flexibility index (Phi) is 6.53. The maximum atomic E-state index is 12.6. The number of urea groups is 1. The van der Waals surface area contributed by atoms with E-state index in [2.05, 4.69) is 16.8 Å². The summed E-state index contributed by atoms with van der Waals surface area (Å²) in [6.07, 6.45) is 4.43. The van der Waals surface area contributed by atoms with Crippen molar-refractivity contribution in [3.63, 3.8) is 0 Å². The van der Waals surface area contributed by atoms with Gasteiger partial charge in [-0.05, 0) is 37.1 Å². The molecule has 2 fully saturated rings. The topological polar surface area (TPSA) is 61.9 Å². The Bertz CT molecular complexity index is 607. The number of nitrogens with one attached hydrogen (secondary N) is 1. The van der Waals surface area contributed by atoms with Crippen LogP contribution >= 0.6 is 11.3 Å². The van der Waals surface area contributed by atoms with Crippen molar-refractivity contribution in [2.24, 2.45) is 5.41 Å². The molecule has 2 aliphatic rings. The van der Waals surface area contributed by atoms with Crippen LogP contribution in [0.5, 0.6) is 0 Å². The molecule has 6 nitrogen and oxygen atoms in total. The van der Waals surface area contributed by atoms with Gasteiger partial charge in [-0.15, -0.1) is 11.3 Å². The number of nitrogens with zero attached hydrogens (tertiary/aromatic N) is 2. The van der Waals surface area contributed by atoms with E-state index >= 15 is 0 Å². The molecule has 3 heterocycles. The Labute approximate surface area is 159 Å². The van der Waals surface area contributed by atoms with Gasteiger partial charge in [-0.1, -0.05) is 6.07 Å². The highest BCUT2D eigenvalue weighted by Crippen LogP contribution is 2.38. The maximum Gasteiger partial charge on any atom is 0.317 e. The summed E-state index contributed by atoms with van der Waals surface area (Å²) < 4.78 is 5.14. The molecule has 2 aliphatic heterocycles. The van der Waals surface area contributed by atoms with Gasteiger partial charge < -0.3 is 19.9 Å². The fraction of sp³-hybridized carbons (Fsp3) is 0.684. The highest BCUT2D eigenvalue weighted by molar-refractivity contribution is 7.09. The van der Waals surface area contributed by atoms with E-state index in [9.17, 15) is 9.59 Å². The Morgan fingerprint density at radius 2 is 2.27 bits per heavy atom. The van der Waals surface area contributed by atoms with Gasteiger partial charge in [0.2, 0.25) is 5.91 Å². The third-order valence-corrected chi connectivity index (χ3v) is 6.43. The molecule has 1 N–H and O–H groups in total. The number of amides is 3. The number of rotatable bonds is 6. The molecule has 0 unspecified atom stereocenters. The number of thiophene rings is 1. The molecule has 3 amide bonds. The van der Waals surface area contributed by atoms with Gasteiger partial charge in [-0.2, -0.15) is 0 Å². The minimum absolute atomic E-state index is 0.0287. The number of hydrogen-bond acceptors (Lipinski definition) is 4. The van der Waals surface area contributed by atoms with E-state index in [-0.39, 0.29) is 17.4 Å². The number of hydrogen-bond donors (Lipinski definition) is 1. The van der Waals surface area contributed by atoms with E-state index in [4.69, 9.17) is 4.74 Å². The molecule has 144 valence electrons. The largest absolute Gasteiger partial charge is 0.383 e. The van der Waals surface area contributed by atoms with Gasteiger partial charge in [0.1, 0.15) is 0 Å². The van der Waals surface area contributed by atoms with Crippen molar-refractivity contribution in [3.05, 3.63) is 22.4 Å². The molecule has 3 rings (SSSR count). The van der Waals surface area contributed by atoms with Crippen LogP contribution in [-0.2, 0) is 16.0 Å². The molecule has 26 heavy (non-hydrogen) atoms. The van der Waals surface area contributed by atoms with E-state index in [1.165, 1.54) is 4.88 Å². The molecule has 2 saturated heterocycles. The molecular formula is C19H29N3O3S. The van der Waals surface area contributed by atoms with Crippen LogP contribution in [0.25, 0.3) is 0 Å². The molecule has 0 radical (unpaired) electrons. The smallest absolute Gasteiger partial charge is 0.317 e. The molecule has 1 spiro atoms. The molecule has 7 heteroatoms. The molecule has 1 aromatic heterocycles. The Morgan fingerprint density at radius 3 is 3.04 bits per heavy atom. The lowest BCUT2D eigenvalue weighted by molar-refractivity contribution is -0.139. The van der Waals surface area contributed by atoms with Crippen molar-refractivity contribution >= 4 is 23.3 Å². The van der Waals surface area contributed by atoms with Crippen molar-refractivity contribution in [3.8, 4) is 0 Å². The molecular weight excluding hydrogens is 350 g/mol. The van der Waals surface area contributed by atoms with E-state index in [0.29, 0.717) is 26.1 Å². The third kappa shape index (κ3) is 4.76. The van der Waals surface area contributed by atoms with Gasteiger partial charge >= 0.3 is 6.03 Å². The van der Waals surface area contributed by atoms with Crippen LogP contribution in [0.1, 0.15) is 30.6 Å². The van der Waals surface area contributed by atoms with Crippen LogP contribution < -0.4 is 5.32 Å². The SMILES string of the molecule is COCCN1C[C@@]2(CCCN(C(=O)NCCc3cccs3)C2)CCC1=O. The van der Waals surface area contributed by atoms with Gasteiger partial charge in [0, 0.05) is 56.5 Å². The molecule has 0 bridgehead atoms. The zero-order chi connectivity index (χ0) is 18.4. The number of ether oxygens (including phenoxy) is 1. The summed E-state index contributed by atoms with van der Waals surface area (Å²) >= 11 is 1.72. The van der Waals surface area contributed by atoms with Gasteiger partial charge in [0.05, 0.1) is 6.61 Å². The summed E-state index contributed by atoms with van der Waals surface area (Å²) in [6, 6.07) is 4.16. The normalized spacial score (nSPS) is 23.5. The van der Waals surface area contributed by atoms with Gasteiger partial charge in [-0.3, -0.25) is 4.79 Å². The lowest BCUT2D eigenvalue weighted by Gasteiger charge is -2.48. The first-order valence-electron chi connectivity index (χ1n) is 9.44. The van der Waals surface area contributed by atoms with E-state index in [1.807, 2.05) is 15.9 Å². The van der Waals surface area contributed by atoms with Gasteiger partial charge in [0.25, 0.3) is 0 Å². The molecule has 1 atom stereocenters. The second kappa shape index (κ2) is 8.86. The summed E-state index contributed by atoms with van der Waals surface area (Å²) in [5.41, 5.74) is 0.0466. The monoisotopic (exact) mass is 379 g/mol. The highest BCUT2D eigenvalue weighted by Gasteiger charge is 2.42. The van der Waals surface area contributed by atoms with Crippen LogP contribution in [0, 0.1) is 5.41 Å². The molecule has 0 aromatic carbocycles. The Hall–Kier alpha value is -1.60. The zero-order valence-corrected chi connectivity index (χ0v) is 16.4. The second-order valence-corrected chi connectivity index (χ2v) is 8.43. The number of likely N-dealkylation sites (tertiary alicyclic amines) is 2. The lowest BCUT2D eigenvalue weighted by atomic mass is 9.73. The van der Waals surface area contributed by atoms with Crippen LogP contribution in [0.3, 0.4) is 0 Å². The van der Waals surface area contributed by atoms with E-state index < -0.39 is 0 Å². The summed E-state index contributed by atoms with van der Waals surface area (Å²) in [6.45, 7) is 4.17. The van der Waals surface area contributed by atoms with Crippen molar-refractivity contribution < 1.29 is 14.3 Å². The summed E-state index contributed by atoms with van der Waals surface area (Å²) in [5.74, 6) is 0.213. The Balaban J connectivity index is 1.52. The second-order valence-electron chi connectivity index (χ2n) is 7.39. The van der Waals surface area contributed by atoms with E-state index in [1.54, 1.807) is 18.4 Å². The quantitative estimate of drug-likeness (QED) is 0.825. The zero-order valence-electron chi connectivity index (χ0n) is 15.5. The van der Waals surface area contributed by atoms with Crippen LogP contribution in [-0.4, -0.2) is 68.2 Å². The number of piperidine rings is 2. The van der Waals surface area contributed by atoms with Crippen molar-refractivity contribution in [2.45, 2.75) is 32.1 Å². The van der Waals surface area contributed by atoms with E-state index in [0.717, 1.165) is 45.3 Å². The predicted molar refractivity (Wildman–Crippen MR) is 102 cm³/mol. The molecule has 0 aliphatic carbocycles. The average molecular weight is 380 g/mol. The number of carbonyl (C=O) groups excluding carboxylic acids is 2. The average Bonchev–Trinajstić information content (AvgIpc) is 3.16. The molecule has 0 saturated carbocycles. The first-order valence-corrected chi connectivity index (χ1v) is 10.3. The third-order valence-electron chi connectivity index (χ3n) is 5.49. The minimum Gasteiger partial charge on any atom is -0.383 e. The highest BCUT2D eigenvalue weighted by atomic mass is 32.1. The first-order chi connectivity index (χ1) is 12.6. The summed E-state index contributed by atoms with van der Waals surface area (Å²) in [5, 5.41) is 5.12. The number of methoxy groups -OCH3 is 1. The molecule has 1 aromatic rings. The van der Waals surface area contributed by atoms with Crippen LogP contribution in [0.15, 0.2) is 17.5 Å². The predicted octanol–water partition coefficient (Wildman–Crippen LogP) is 2.35. The van der Waals surface area contributed by atoms with Gasteiger partial charge in [-0.25, -0.2) is 4.79 Å². The van der Waals surface area contributed by atoms with Crippen molar-refractivity contribution in [1.29, 1.82) is 0 Å². The van der Waals surface area contributed by atoms with Crippen LogP contribution in [0.4, 0.5) is 4.79 Å². The van der Waals surface area contributed by atoms with Crippen molar-refractivity contribution in [1.82, 2.24) is 15.1 Å². The Morgan fingerprint density at radius 1 is 1.38 bits per heavy atom. The maximum absolute atomic E-state index is 12.6. The summed E-state index contributed by atoms with van der Waals surface area (Å²) in [7, 11) is 1.66. The summed E-state index contributed by atoms with van der Waals surface area (Å²) in [4.78, 5) is 29.9. The fourth-order valence-electron chi connectivity index (χ4n) is 4.08.